The van der Waals surface area contributed by atoms with Gasteiger partial charge in [0.1, 0.15) is 11.6 Å². The maximum absolute atomic E-state index is 13.2. The van der Waals surface area contributed by atoms with Crippen molar-refractivity contribution in [2.45, 2.75) is 6.92 Å². The molecule has 0 atom stereocenters. The Morgan fingerprint density at radius 1 is 1.20 bits per heavy atom. The van der Waals surface area contributed by atoms with E-state index in [1.165, 1.54) is 17.0 Å². The summed E-state index contributed by atoms with van der Waals surface area (Å²) in [6, 6.07) is 11.6. The SMILES string of the molecule is COc1cccc(N(C)C(=O)c2ccc(F)c(C)c2)c1. The minimum atomic E-state index is -0.314. The van der Waals surface area contributed by atoms with Crippen molar-refractivity contribution >= 4 is 11.6 Å². The summed E-state index contributed by atoms with van der Waals surface area (Å²) in [5.41, 5.74) is 1.63. The Kier molecular flexibility index (Phi) is 4.03. The van der Waals surface area contributed by atoms with Crippen LogP contribution < -0.4 is 9.64 Å². The first kappa shape index (κ1) is 14.1. The van der Waals surface area contributed by atoms with Gasteiger partial charge < -0.3 is 9.64 Å². The Bertz CT molecular complexity index is 640. The highest BCUT2D eigenvalue weighted by molar-refractivity contribution is 6.05. The van der Waals surface area contributed by atoms with Crippen LogP contribution in [0.3, 0.4) is 0 Å². The van der Waals surface area contributed by atoms with Crippen molar-refractivity contribution in [1.29, 1.82) is 0 Å². The molecule has 2 aromatic carbocycles. The largest absolute Gasteiger partial charge is 0.497 e. The Balaban J connectivity index is 2.29. The molecule has 0 saturated heterocycles. The second kappa shape index (κ2) is 5.74. The molecule has 3 nitrogen and oxygen atoms in total. The predicted molar refractivity (Wildman–Crippen MR) is 76.9 cm³/mol. The average Bonchev–Trinajstić information content (AvgIpc) is 2.48. The van der Waals surface area contributed by atoms with Crippen LogP contribution in [-0.4, -0.2) is 20.1 Å². The smallest absolute Gasteiger partial charge is 0.258 e. The number of anilines is 1. The molecule has 1 amide bonds. The van der Waals surface area contributed by atoms with E-state index in [9.17, 15) is 9.18 Å². The number of benzene rings is 2. The van der Waals surface area contributed by atoms with Crippen molar-refractivity contribution in [2.24, 2.45) is 0 Å². The van der Waals surface area contributed by atoms with E-state index in [4.69, 9.17) is 4.74 Å². The first-order chi connectivity index (χ1) is 9.52. The third-order valence-corrected chi connectivity index (χ3v) is 3.15. The van der Waals surface area contributed by atoms with Crippen LogP contribution in [0.15, 0.2) is 42.5 Å². The molecule has 0 aliphatic rings. The molecule has 0 heterocycles. The standard InChI is InChI=1S/C16H16FNO2/c1-11-9-12(7-8-15(11)17)16(19)18(2)13-5-4-6-14(10-13)20-3/h4-10H,1-3H3. The van der Waals surface area contributed by atoms with Gasteiger partial charge in [-0.15, -0.1) is 0 Å². The Labute approximate surface area is 117 Å². The van der Waals surface area contributed by atoms with Gasteiger partial charge in [0, 0.05) is 24.4 Å². The van der Waals surface area contributed by atoms with Crippen LogP contribution in [0.5, 0.6) is 5.75 Å². The van der Waals surface area contributed by atoms with Gasteiger partial charge in [0.15, 0.2) is 0 Å². The number of amides is 1. The van der Waals surface area contributed by atoms with E-state index >= 15 is 0 Å². The fourth-order valence-corrected chi connectivity index (χ4v) is 1.91. The van der Waals surface area contributed by atoms with Gasteiger partial charge >= 0.3 is 0 Å². The van der Waals surface area contributed by atoms with Crippen molar-refractivity contribution in [3.05, 3.63) is 59.4 Å². The zero-order valence-electron chi connectivity index (χ0n) is 11.7. The van der Waals surface area contributed by atoms with Crippen molar-refractivity contribution in [1.82, 2.24) is 0 Å². The molecule has 0 aliphatic carbocycles. The summed E-state index contributed by atoms with van der Waals surface area (Å²) in [6.45, 7) is 1.64. The van der Waals surface area contributed by atoms with Crippen LogP contribution >= 0.6 is 0 Å². The minimum Gasteiger partial charge on any atom is -0.497 e. The van der Waals surface area contributed by atoms with E-state index < -0.39 is 0 Å². The number of hydrogen-bond donors (Lipinski definition) is 0. The number of rotatable bonds is 3. The summed E-state index contributed by atoms with van der Waals surface area (Å²) in [6.07, 6.45) is 0. The van der Waals surface area contributed by atoms with Gasteiger partial charge in [-0.05, 0) is 42.8 Å². The summed E-state index contributed by atoms with van der Waals surface area (Å²) >= 11 is 0. The number of ether oxygens (including phenoxy) is 1. The Morgan fingerprint density at radius 3 is 2.60 bits per heavy atom. The number of nitrogens with zero attached hydrogens (tertiary/aromatic N) is 1. The summed E-state index contributed by atoms with van der Waals surface area (Å²) in [7, 11) is 3.25. The van der Waals surface area contributed by atoms with Gasteiger partial charge in [-0.25, -0.2) is 4.39 Å². The zero-order chi connectivity index (χ0) is 14.7. The molecule has 2 aromatic rings. The number of carbonyl (C=O) groups excluding carboxylic acids is 1. The van der Waals surface area contributed by atoms with Crippen LogP contribution in [0.1, 0.15) is 15.9 Å². The van der Waals surface area contributed by atoms with Crippen LogP contribution in [0.4, 0.5) is 10.1 Å². The molecule has 0 fully saturated rings. The van der Waals surface area contributed by atoms with E-state index in [0.717, 1.165) is 5.69 Å². The van der Waals surface area contributed by atoms with Crippen molar-refractivity contribution in [2.75, 3.05) is 19.1 Å². The predicted octanol–water partition coefficient (Wildman–Crippen LogP) is 3.42. The van der Waals surface area contributed by atoms with E-state index in [1.807, 2.05) is 18.2 Å². The molecule has 4 heteroatoms. The molecule has 0 radical (unpaired) electrons. The third kappa shape index (κ3) is 2.79. The molecule has 104 valence electrons. The quantitative estimate of drug-likeness (QED) is 0.857. The molecule has 0 saturated carbocycles. The number of halogens is 1. The van der Waals surface area contributed by atoms with Gasteiger partial charge in [-0.1, -0.05) is 6.07 Å². The normalized spacial score (nSPS) is 10.2. The molecule has 0 spiro atoms. The third-order valence-electron chi connectivity index (χ3n) is 3.15. The summed E-state index contributed by atoms with van der Waals surface area (Å²) in [4.78, 5) is 13.9. The summed E-state index contributed by atoms with van der Waals surface area (Å²) in [5, 5.41) is 0. The lowest BCUT2D eigenvalue weighted by Crippen LogP contribution is -2.26. The minimum absolute atomic E-state index is 0.193. The molecule has 20 heavy (non-hydrogen) atoms. The fourth-order valence-electron chi connectivity index (χ4n) is 1.91. The maximum atomic E-state index is 13.2. The number of hydrogen-bond acceptors (Lipinski definition) is 2. The number of methoxy groups -OCH3 is 1. The maximum Gasteiger partial charge on any atom is 0.258 e. The Hall–Kier alpha value is -2.36. The number of carbonyl (C=O) groups is 1. The Morgan fingerprint density at radius 2 is 1.95 bits per heavy atom. The molecule has 0 N–H and O–H groups in total. The van der Waals surface area contributed by atoms with Crippen LogP contribution in [0.25, 0.3) is 0 Å². The van der Waals surface area contributed by atoms with Crippen molar-refractivity contribution < 1.29 is 13.9 Å². The van der Waals surface area contributed by atoms with Crippen LogP contribution in [0.2, 0.25) is 0 Å². The topological polar surface area (TPSA) is 29.5 Å². The van der Waals surface area contributed by atoms with Gasteiger partial charge in [0.2, 0.25) is 0 Å². The van der Waals surface area contributed by atoms with Gasteiger partial charge in [0.05, 0.1) is 7.11 Å². The lowest BCUT2D eigenvalue weighted by atomic mass is 10.1. The van der Waals surface area contributed by atoms with Crippen molar-refractivity contribution in [3.8, 4) is 5.75 Å². The van der Waals surface area contributed by atoms with Crippen LogP contribution in [-0.2, 0) is 0 Å². The van der Waals surface area contributed by atoms with E-state index in [-0.39, 0.29) is 11.7 Å². The molecule has 0 unspecified atom stereocenters. The first-order valence-electron chi connectivity index (χ1n) is 6.21. The average molecular weight is 273 g/mol. The van der Waals surface area contributed by atoms with Crippen molar-refractivity contribution in [3.63, 3.8) is 0 Å². The molecular weight excluding hydrogens is 257 g/mol. The molecule has 0 aromatic heterocycles. The summed E-state index contributed by atoms with van der Waals surface area (Å²) in [5.74, 6) is 0.171. The zero-order valence-corrected chi connectivity index (χ0v) is 11.7. The van der Waals surface area contributed by atoms with E-state index in [2.05, 4.69) is 0 Å². The van der Waals surface area contributed by atoms with Gasteiger partial charge in [-0.3, -0.25) is 4.79 Å². The monoisotopic (exact) mass is 273 g/mol. The molecule has 0 bridgehead atoms. The highest BCUT2D eigenvalue weighted by Crippen LogP contribution is 2.22. The molecule has 0 aliphatic heterocycles. The number of aryl methyl sites for hydroxylation is 1. The van der Waals surface area contributed by atoms with Gasteiger partial charge in [0.25, 0.3) is 5.91 Å². The fraction of sp³-hybridized carbons (Fsp3) is 0.188. The highest BCUT2D eigenvalue weighted by atomic mass is 19.1. The lowest BCUT2D eigenvalue weighted by Gasteiger charge is -2.18. The highest BCUT2D eigenvalue weighted by Gasteiger charge is 2.14. The molecule has 2 rings (SSSR count). The van der Waals surface area contributed by atoms with Crippen LogP contribution in [0, 0.1) is 12.7 Å². The van der Waals surface area contributed by atoms with E-state index in [1.54, 1.807) is 33.2 Å². The lowest BCUT2D eigenvalue weighted by molar-refractivity contribution is 0.0993. The second-order valence-electron chi connectivity index (χ2n) is 4.53. The van der Waals surface area contributed by atoms with Gasteiger partial charge in [-0.2, -0.15) is 0 Å². The molecular formula is C16H16FNO2. The summed E-state index contributed by atoms with van der Waals surface area (Å²) < 4.78 is 18.4. The first-order valence-corrected chi connectivity index (χ1v) is 6.21. The van der Waals surface area contributed by atoms with E-state index in [0.29, 0.717) is 16.9 Å². The second-order valence-corrected chi connectivity index (χ2v) is 4.53.